The molecule has 114 valence electrons. The van der Waals surface area contributed by atoms with Crippen LogP contribution in [0.1, 0.15) is 25.0 Å². The quantitative estimate of drug-likeness (QED) is 0.720. The largest absolute Gasteiger partial charge is 0.376 e. The van der Waals surface area contributed by atoms with Crippen molar-refractivity contribution >= 4 is 28.7 Å². The van der Waals surface area contributed by atoms with Crippen molar-refractivity contribution in [2.75, 3.05) is 23.3 Å². The van der Waals surface area contributed by atoms with E-state index in [2.05, 4.69) is 54.4 Å². The molecule has 0 aromatic heterocycles. The predicted octanol–water partition coefficient (Wildman–Crippen LogP) is 3.76. The molecule has 1 aliphatic rings. The van der Waals surface area contributed by atoms with E-state index in [-0.39, 0.29) is 0 Å². The molecule has 0 amide bonds. The zero-order valence-electron chi connectivity index (χ0n) is 13.0. The molecule has 2 aromatic carbocycles. The van der Waals surface area contributed by atoms with Crippen molar-refractivity contribution in [3.05, 3.63) is 47.5 Å². The van der Waals surface area contributed by atoms with Gasteiger partial charge in [0.2, 0.25) is 0 Å². The Kier molecular flexibility index (Phi) is 4.03. The summed E-state index contributed by atoms with van der Waals surface area (Å²) in [4.78, 5) is 2.38. The molecule has 0 unspecified atom stereocenters. The topological polar surface area (TPSA) is 41.3 Å². The van der Waals surface area contributed by atoms with Crippen molar-refractivity contribution in [2.24, 2.45) is 5.73 Å². The van der Waals surface area contributed by atoms with Gasteiger partial charge < -0.3 is 16.0 Å². The second-order valence-corrected chi connectivity index (χ2v) is 5.99. The summed E-state index contributed by atoms with van der Waals surface area (Å²) in [5, 5.41) is 3.32. The van der Waals surface area contributed by atoms with E-state index < -0.39 is 0 Å². The maximum atomic E-state index is 5.55. The lowest BCUT2D eigenvalue weighted by molar-refractivity contribution is 0.866. The van der Waals surface area contributed by atoms with Crippen LogP contribution in [-0.4, -0.2) is 18.2 Å². The first-order valence-electron chi connectivity index (χ1n) is 7.70. The third kappa shape index (κ3) is 2.66. The van der Waals surface area contributed by atoms with Crippen LogP contribution in [0.4, 0.5) is 11.4 Å². The maximum Gasteiger partial charge on any atom is 0.168 e. The van der Waals surface area contributed by atoms with Crippen molar-refractivity contribution in [3.63, 3.8) is 0 Å². The van der Waals surface area contributed by atoms with Crippen LogP contribution in [0.15, 0.2) is 36.4 Å². The molecule has 3 nitrogen and oxygen atoms in total. The van der Waals surface area contributed by atoms with Gasteiger partial charge in [0.25, 0.3) is 0 Å². The lowest BCUT2D eigenvalue weighted by atomic mass is 10.0. The van der Waals surface area contributed by atoms with Gasteiger partial charge in [-0.05, 0) is 79.0 Å². The molecule has 2 aromatic rings. The summed E-state index contributed by atoms with van der Waals surface area (Å²) in [6.07, 6.45) is 0.968. The number of rotatable bonds is 4. The molecular weight excluding hydrogens is 290 g/mol. The normalized spacial score (nSPS) is 11.7. The zero-order valence-corrected chi connectivity index (χ0v) is 13.8. The average molecular weight is 311 g/mol. The number of nitrogens with two attached hydrogens (primary N) is 1. The average Bonchev–Trinajstić information content (AvgIpc) is 2.85. The van der Waals surface area contributed by atoms with Crippen molar-refractivity contribution in [1.29, 1.82) is 0 Å². The molecule has 0 saturated carbocycles. The van der Waals surface area contributed by atoms with E-state index in [1.54, 1.807) is 0 Å². The third-order valence-electron chi connectivity index (χ3n) is 4.27. The molecule has 0 spiro atoms. The monoisotopic (exact) mass is 311 g/mol. The molecule has 3 rings (SSSR count). The molecule has 3 N–H and O–H groups in total. The van der Waals surface area contributed by atoms with Crippen LogP contribution in [-0.2, 0) is 6.42 Å². The van der Waals surface area contributed by atoms with Gasteiger partial charge in [0, 0.05) is 24.5 Å². The number of fused-ring (bicyclic) bond motifs is 3. The number of hydrogen-bond acceptors (Lipinski definition) is 2. The second kappa shape index (κ2) is 5.97. The minimum Gasteiger partial charge on any atom is -0.376 e. The van der Waals surface area contributed by atoms with Crippen LogP contribution in [0.5, 0.6) is 0 Å². The van der Waals surface area contributed by atoms with E-state index in [4.69, 9.17) is 18.0 Å². The van der Waals surface area contributed by atoms with Gasteiger partial charge in [0.15, 0.2) is 5.11 Å². The fraction of sp³-hybridized carbons (Fsp3) is 0.278. The fourth-order valence-corrected chi connectivity index (χ4v) is 3.30. The molecule has 1 aliphatic carbocycles. The Hall–Kier alpha value is -2.07. The van der Waals surface area contributed by atoms with Gasteiger partial charge in [-0.25, -0.2) is 0 Å². The Morgan fingerprint density at radius 2 is 1.86 bits per heavy atom. The molecule has 0 bridgehead atoms. The number of nitrogens with one attached hydrogen (secondary N) is 1. The van der Waals surface area contributed by atoms with Crippen LogP contribution in [0.25, 0.3) is 11.1 Å². The van der Waals surface area contributed by atoms with E-state index in [0.717, 1.165) is 25.2 Å². The van der Waals surface area contributed by atoms with E-state index in [9.17, 15) is 0 Å². The first-order valence-corrected chi connectivity index (χ1v) is 8.10. The Morgan fingerprint density at radius 1 is 1.09 bits per heavy atom. The summed E-state index contributed by atoms with van der Waals surface area (Å²) in [6, 6.07) is 13.1. The van der Waals surface area contributed by atoms with Crippen molar-refractivity contribution in [3.8, 4) is 11.1 Å². The number of anilines is 2. The van der Waals surface area contributed by atoms with Crippen LogP contribution >= 0.6 is 12.2 Å². The maximum absolute atomic E-state index is 5.55. The number of hydrogen-bond donors (Lipinski definition) is 2. The highest BCUT2D eigenvalue weighted by molar-refractivity contribution is 7.80. The first kappa shape index (κ1) is 14.9. The summed E-state index contributed by atoms with van der Waals surface area (Å²) >= 11 is 4.91. The molecule has 0 atom stereocenters. The summed E-state index contributed by atoms with van der Waals surface area (Å²) in [7, 11) is 0. The smallest absolute Gasteiger partial charge is 0.168 e. The minimum atomic E-state index is 0.305. The molecule has 4 heteroatoms. The van der Waals surface area contributed by atoms with E-state index in [1.807, 2.05) is 6.07 Å². The number of nitrogens with zero attached hydrogens (tertiary/aromatic N) is 1. The first-order chi connectivity index (χ1) is 10.6. The lowest BCUT2D eigenvalue weighted by Crippen LogP contribution is -2.21. The summed E-state index contributed by atoms with van der Waals surface area (Å²) in [5.74, 6) is 0. The highest BCUT2D eigenvalue weighted by Crippen LogP contribution is 2.39. The number of thiocarbonyl (C=S) groups is 1. The van der Waals surface area contributed by atoms with Gasteiger partial charge in [-0.1, -0.05) is 12.1 Å². The van der Waals surface area contributed by atoms with Crippen molar-refractivity contribution < 1.29 is 0 Å². The second-order valence-electron chi connectivity index (χ2n) is 5.55. The van der Waals surface area contributed by atoms with Crippen LogP contribution in [0.3, 0.4) is 0 Å². The summed E-state index contributed by atoms with van der Waals surface area (Å²) in [6.45, 7) is 6.44. The summed E-state index contributed by atoms with van der Waals surface area (Å²) < 4.78 is 0. The van der Waals surface area contributed by atoms with Gasteiger partial charge in [-0.15, -0.1) is 0 Å². The minimum absolute atomic E-state index is 0.305. The molecule has 0 heterocycles. The zero-order chi connectivity index (χ0) is 15.7. The van der Waals surface area contributed by atoms with Gasteiger partial charge in [0.1, 0.15) is 0 Å². The predicted molar refractivity (Wildman–Crippen MR) is 98.7 cm³/mol. The molecule has 0 aliphatic heterocycles. The molecule has 0 saturated heterocycles. The molecular formula is C18H21N3S. The standard InChI is InChI=1S/C18H21N3S/c1-3-21(4-2)15-7-5-12-9-13-10-14(20-18(19)22)6-8-16(13)17(12)11-15/h5-8,10-11H,3-4,9H2,1-2H3,(H3,19,20,22). The number of benzene rings is 2. The van der Waals surface area contributed by atoms with Gasteiger partial charge in [0.05, 0.1) is 0 Å². The van der Waals surface area contributed by atoms with Crippen LogP contribution in [0, 0.1) is 0 Å². The van der Waals surface area contributed by atoms with Gasteiger partial charge in [-0.2, -0.15) is 0 Å². The fourth-order valence-electron chi connectivity index (χ4n) is 3.18. The van der Waals surface area contributed by atoms with Crippen LogP contribution < -0.4 is 16.0 Å². The molecule has 22 heavy (non-hydrogen) atoms. The summed E-state index contributed by atoms with van der Waals surface area (Å²) in [5.41, 5.74) is 13.2. The highest BCUT2D eigenvalue weighted by atomic mass is 32.1. The van der Waals surface area contributed by atoms with Crippen molar-refractivity contribution in [1.82, 2.24) is 0 Å². The Bertz CT molecular complexity index is 720. The van der Waals surface area contributed by atoms with Gasteiger partial charge >= 0.3 is 0 Å². The molecule has 0 radical (unpaired) electrons. The van der Waals surface area contributed by atoms with Crippen LogP contribution in [0.2, 0.25) is 0 Å². The third-order valence-corrected chi connectivity index (χ3v) is 4.37. The van der Waals surface area contributed by atoms with E-state index in [1.165, 1.54) is 27.9 Å². The Labute approximate surface area is 137 Å². The highest BCUT2D eigenvalue weighted by Gasteiger charge is 2.19. The molecule has 0 fully saturated rings. The Morgan fingerprint density at radius 3 is 2.55 bits per heavy atom. The Balaban J connectivity index is 1.98. The SMILES string of the molecule is CCN(CC)c1ccc2c(c1)-c1ccc(NC(N)=S)cc1C2. The lowest BCUT2D eigenvalue weighted by Gasteiger charge is -2.21. The van der Waals surface area contributed by atoms with Gasteiger partial charge in [-0.3, -0.25) is 0 Å². The van der Waals surface area contributed by atoms with Crippen molar-refractivity contribution in [2.45, 2.75) is 20.3 Å². The van der Waals surface area contributed by atoms with E-state index >= 15 is 0 Å². The van der Waals surface area contributed by atoms with E-state index in [0.29, 0.717) is 5.11 Å².